The molecule has 0 bridgehead atoms. The molecule has 0 unspecified atom stereocenters. The van der Waals surface area contributed by atoms with E-state index in [0.29, 0.717) is 6.42 Å². The second kappa shape index (κ2) is 19.3. The number of rotatable bonds is 19. The number of carbonyl (C=O) groups excluding carboxylic acids is 1. The van der Waals surface area contributed by atoms with Crippen molar-refractivity contribution < 1.29 is 59.5 Å². The van der Waals surface area contributed by atoms with Crippen LogP contribution in [-0.4, -0.2) is 116 Å². The molecule has 2 fully saturated rings. The SMILES string of the molecule is CCCCCCCCCCCCCCCC(=O)O[C@@H]1[C@@H](O)[C@@H](O[C@H]2O[C@H](CO)[C@@H](O)[C@H](O)[C@H]2O)O[C@H](CO)[C@H]1O. The summed E-state index contributed by atoms with van der Waals surface area (Å²) in [7, 11) is 0. The quantitative estimate of drug-likeness (QED) is 0.0833. The van der Waals surface area contributed by atoms with Crippen LogP contribution in [0.4, 0.5) is 0 Å². The summed E-state index contributed by atoms with van der Waals surface area (Å²) >= 11 is 0. The van der Waals surface area contributed by atoms with Crippen molar-refractivity contribution in [2.75, 3.05) is 13.2 Å². The van der Waals surface area contributed by atoms with Gasteiger partial charge in [-0.25, -0.2) is 0 Å². The fourth-order valence-corrected chi connectivity index (χ4v) is 5.11. The molecule has 40 heavy (non-hydrogen) atoms. The first-order chi connectivity index (χ1) is 19.2. The minimum Gasteiger partial charge on any atom is -0.456 e. The number of esters is 1. The highest BCUT2D eigenvalue weighted by Gasteiger charge is 2.51. The van der Waals surface area contributed by atoms with E-state index < -0.39 is 80.6 Å². The van der Waals surface area contributed by atoms with Crippen molar-refractivity contribution in [2.45, 2.75) is 158 Å². The molecule has 12 heteroatoms. The molecule has 0 amide bonds. The molecular formula is C28H52O12. The monoisotopic (exact) mass is 580 g/mol. The number of hydrogen-bond acceptors (Lipinski definition) is 12. The lowest BCUT2D eigenvalue weighted by Crippen LogP contribution is -2.64. The molecule has 0 aliphatic carbocycles. The molecule has 0 aromatic carbocycles. The number of ether oxygens (including phenoxy) is 4. The highest BCUT2D eigenvalue weighted by molar-refractivity contribution is 5.69. The minimum absolute atomic E-state index is 0.0938. The van der Waals surface area contributed by atoms with E-state index >= 15 is 0 Å². The van der Waals surface area contributed by atoms with E-state index in [1.165, 1.54) is 57.8 Å². The Bertz CT molecular complexity index is 680. The molecule has 2 rings (SSSR count). The molecule has 2 aliphatic heterocycles. The third kappa shape index (κ3) is 11.0. The predicted molar refractivity (Wildman–Crippen MR) is 143 cm³/mol. The van der Waals surface area contributed by atoms with Crippen LogP contribution >= 0.6 is 0 Å². The molecule has 2 aliphatic rings. The van der Waals surface area contributed by atoms with Gasteiger partial charge < -0.3 is 54.7 Å². The van der Waals surface area contributed by atoms with Gasteiger partial charge in [-0.2, -0.15) is 0 Å². The van der Waals surface area contributed by atoms with Gasteiger partial charge in [0.05, 0.1) is 13.2 Å². The van der Waals surface area contributed by atoms with Crippen molar-refractivity contribution in [1.82, 2.24) is 0 Å². The van der Waals surface area contributed by atoms with Crippen LogP contribution in [0.25, 0.3) is 0 Å². The lowest BCUT2D eigenvalue weighted by molar-refractivity contribution is -0.376. The van der Waals surface area contributed by atoms with Gasteiger partial charge in [-0.1, -0.05) is 84.0 Å². The lowest BCUT2D eigenvalue weighted by atomic mass is 9.98. The summed E-state index contributed by atoms with van der Waals surface area (Å²) in [4.78, 5) is 12.5. The van der Waals surface area contributed by atoms with Crippen molar-refractivity contribution in [3.8, 4) is 0 Å². The molecule has 0 saturated carbocycles. The van der Waals surface area contributed by atoms with Gasteiger partial charge in [0.2, 0.25) is 0 Å². The Morgan fingerprint density at radius 3 is 1.55 bits per heavy atom. The van der Waals surface area contributed by atoms with E-state index in [-0.39, 0.29) is 6.42 Å². The second-order valence-corrected chi connectivity index (χ2v) is 11.0. The summed E-state index contributed by atoms with van der Waals surface area (Å²) in [6.07, 6.45) is -0.429. The van der Waals surface area contributed by atoms with Crippen LogP contribution < -0.4 is 0 Å². The average molecular weight is 581 g/mol. The zero-order valence-electron chi connectivity index (χ0n) is 23.8. The summed E-state index contributed by atoms with van der Waals surface area (Å²) in [6, 6.07) is 0. The van der Waals surface area contributed by atoms with Gasteiger partial charge in [0, 0.05) is 6.42 Å². The summed E-state index contributed by atoms with van der Waals surface area (Å²) in [6.45, 7) is 0.854. The highest BCUT2D eigenvalue weighted by atomic mass is 16.8. The molecule has 0 radical (unpaired) electrons. The van der Waals surface area contributed by atoms with Crippen LogP contribution in [0.3, 0.4) is 0 Å². The Balaban J connectivity index is 1.72. The highest BCUT2D eigenvalue weighted by Crippen LogP contribution is 2.29. The Morgan fingerprint density at radius 1 is 0.600 bits per heavy atom. The standard InChI is InChI=1S/C28H52O12/c1-2-3-4-5-6-7-8-9-10-11-12-13-14-15-20(31)39-26-22(33)19(17-30)38-28(25(26)36)40-27-24(35)23(34)21(32)18(16-29)37-27/h18-19,21-30,32-36H,2-17H2,1H3/t18-,19-,21-,22-,23+,24-,25-,26+,27-,28-/m1/s1. The summed E-state index contributed by atoms with van der Waals surface area (Å²) in [5.74, 6) is -0.628. The van der Waals surface area contributed by atoms with E-state index in [0.717, 1.165) is 19.3 Å². The molecule has 0 aromatic rings. The molecule has 0 aromatic heterocycles. The Morgan fingerprint density at radius 2 is 1.05 bits per heavy atom. The summed E-state index contributed by atoms with van der Waals surface area (Å²) in [5.41, 5.74) is 0. The summed E-state index contributed by atoms with van der Waals surface area (Å²) < 4.78 is 21.4. The molecule has 12 nitrogen and oxygen atoms in total. The largest absolute Gasteiger partial charge is 0.456 e. The first kappa shape index (κ1) is 35.3. The van der Waals surface area contributed by atoms with Crippen LogP contribution in [0.1, 0.15) is 96.8 Å². The molecule has 7 N–H and O–H groups in total. The first-order valence-electron chi connectivity index (χ1n) is 15.0. The number of aliphatic hydroxyl groups excluding tert-OH is 7. The Hall–Kier alpha value is -0.930. The third-order valence-electron chi connectivity index (χ3n) is 7.69. The molecular weight excluding hydrogens is 528 g/mol. The molecule has 0 spiro atoms. The number of unbranched alkanes of at least 4 members (excludes halogenated alkanes) is 12. The van der Waals surface area contributed by atoms with Crippen molar-refractivity contribution in [3.63, 3.8) is 0 Å². The van der Waals surface area contributed by atoms with Gasteiger partial charge >= 0.3 is 5.97 Å². The lowest BCUT2D eigenvalue weighted by Gasteiger charge is -2.45. The summed E-state index contributed by atoms with van der Waals surface area (Å²) in [5, 5.41) is 70.3. The van der Waals surface area contributed by atoms with E-state index in [1.807, 2.05) is 0 Å². The maximum absolute atomic E-state index is 12.5. The average Bonchev–Trinajstić information content (AvgIpc) is 2.95. The topological polar surface area (TPSA) is 196 Å². The molecule has 2 heterocycles. The number of carbonyl (C=O) groups is 1. The van der Waals surface area contributed by atoms with E-state index in [9.17, 15) is 40.5 Å². The fraction of sp³-hybridized carbons (Fsp3) is 0.964. The normalized spacial score (nSPS) is 34.6. The second-order valence-electron chi connectivity index (χ2n) is 11.0. The predicted octanol–water partition coefficient (Wildman–Crippen LogP) is 0.635. The van der Waals surface area contributed by atoms with Crippen LogP contribution in [0.15, 0.2) is 0 Å². The van der Waals surface area contributed by atoms with Gasteiger partial charge in [0.15, 0.2) is 18.7 Å². The zero-order chi connectivity index (χ0) is 29.5. The fourth-order valence-electron chi connectivity index (χ4n) is 5.11. The van der Waals surface area contributed by atoms with Gasteiger partial charge in [0.1, 0.15) is 42.7 Å². The smallest absolute Gasteiger partial charge is 0.306 e. The van der Waals surface area contributed by atoms with E-state index in [1.54, 1.807) is 0 Å². The van der Waals surface area contributed by atoms with Crippen LogP contribution in [0.5, 0.6) is 0 Å². The van der Waals surface area contributed by atoms with Crippen molar-refractivity contribution >= 4 is 5.97 Å². The number of hydrogen-bond donors (Lipinski definition) is 7. The van der Waals surface area contributed by atoms with Crippen molar-refractivity contribution in [2.24, 2.45) is 0 Å². The molecule has 2 saturated heterocycles. The van der Waals surface area contributed by atoms with Gasteiger partial charge in [-0.3, -0.25) is 4.79 Å². The number of aliphatic hydroxyl groups is 7. The van der Waals surface area contributed by atoms with Crippen molar-refractivity contribution in [3.05, 3.63) is 0 Å². The van der Waals surface area contributed by atoms with Gasteiger partial charge in [0.25, 0.3) is 0 Å². The Labute approximate surface area is 237 Å². The van der Waals surface area contributed by atoms with E-state index in [4.69, 9.17) is 18.9 Å². The third-order valence-corrected chi connectivity index (χ3v) is 7.69. The van der Waals surface area contributed by atoms with Crippen molar-refractivity contribution in [1.29, 1.82) is 0 Å². The Kier molecular flexibility index (Phi) is 17.0. The first-order valence-corrected chi connectivity index (χ1v) is 15.0. The maximum Gasteiger partial charge on any atom is 0.306 e. The molecule has 236 valence electrons. The minimum atomic E-state index is -1.76. The van der Waals surface area contributed by atoms with Gasteiger partial charge in [-0.05, 0) is 6.42 Å². The van der Waals surface area contributed by atoms with Gasteiger partial charge in [-0.15, -0.1) is 0 Å². The zero-order valence-corrected chi connectivity index (χ0v) is 23.8. The maximum atomic E-state index is 12.5. The van der Waals surface area contributed by atoms with E-state index in [2.05, 4.69) is 6.92 Å². The molecule has 10 atom stereocenters. The van der Waals surface area contributed by atoms with Crippen LogP contribution in [0, 0.1) is 0 Å². The van der Waals surface area contributed by atoms with Crippen LogP contribution in [-0.2, 0) is 23.7 Å². The van der Waals surface area contributed by atoms with Crippen LogP contribution in [0.2, 0.25) is 0 Å².